The van der Waals surface area contributed by atoms with E-state index in [1.54, 1.807) is 13.8 Å². The van der Waals surface area contributed by atoms with E-state index >= 15 is 0 Å². The number of carboxylic acids is 1. The van der Waals surface area contributed by atoms with Crippen LogP contribution in [-0.2, 0) is 68.7 Å². The number of phenolic OH excluding ortho intramolecular Hbond substituents is 1. The lowest BCUT2D eigenvalue weighted by molar-refractivity contribution is -0.140. The third-order valence-corrected chi connectivity index (χ3v) is 10.4. The number of phenols is 1. The van der Waals surface area contributed by atoms with E-state index in [4.69, 9.17) is 22.3 Å². The largest absolute Gasteiger partial charge is 0.508 e. The summed E-state index contributed by atoms with van der Waals surface area (Å²) in [6, 6.07) is -3.91. The molecule has 1 aliphatic heterocycles. The highest BCUT2D eigenvalue weighted by molar-refractivity contribution is 5.99. The van der Waals surface area contributed by atoms with Gasteiger partial charge in [0.25, 0.3) is 0 Å². The van der Waals surface area contributed by atoms with Crippen molar-refractivity contribution in [3.8, 4) is 5.75 Å². The van der Waals surface area contributed by atoms with Crippen LogP contribution >= 0.6 is 0 Å². The predicted molar refractivity (Wildman–Crippen MR) is 234 cm³/mol. The summed E-state index contributed by atoms with van der Waals surface area (Å²) in [5.41, 5.74) is 16.3. The van der Waals surface area contributed by atoms with Gasteiger partial charge in [-0.2, -0.15) is 0 Å². The maximum atomic E-state index is 14.0. The first-order valence-electron chi connectivity index (χ1n) is 21.3. The molecule has 0 aliphatic carbocycles. The van der Waals surface area contributed by atoms with Crippen molar-refractivity contribution in [2.75, 3.05) is 26.7 Å². The fourth-order valence-corrected chi connectivity index (χ4v) is 6.48. The minimum Gasteiger partial charge on any atom is -0.508 e. The number of likely N-dealkylation sites (N-methyl/N-ethyl adjacent to an activating group) is 1. The number of rotatable bonds is 19. The molecule has 0 radical (unpaired) electrons. The van der Waals surface area contributed by atoms with Crippen molar-refractivity contribution < 1.29 is 72.5 Å². The summed E-state index contributed by atoms with van der Waals surface area (Å²) >= 11 is 0. The van der Waals surface area contributed by atoms with E-state index in [2.05, 4.69) is 42.5 Å². The predicted octanol–water partition coefficient (Wildman–Crippen LogP) is -6.13. The minimum absolute atomic E-state index is 0.0880. The molecule has 0 aromatic heterocycles. The Bertz CT molecular complexity index is 2070. The van der Waals surface area contributed by atoms with Gasteiger partial charge in [-0.3, -0.25) is 62.3 Å². The number of hydrogen-bond acceptors (Lipinski definition) is 14. The van der Waals surface area contributed by atoms with Gasteiger partial charge in [-0.25, -0.2) is 0 Å². The molecule has 0 bridgehead atoms. The van der Waals surface area contributed by atoms with Crippen molar-refractivity contribution in [1.82, 2.24) is 47.4 Å². The summed E-state index contributed by atoms with van der Waals surface area (Å²) in [4.78, 5) is 169. The van der Waals surface area contributed by atoms with Crippen LogP contribution in [0, 0.1) is 5.92 Å². The van der Waals surface area contributed by atoms with Crippen molar-refractivity contribution >= 4 is 76.9 Å². The lowest BCUT2D eigenvalue weighted by Gasteiger charge is -2.29. The molecule has 2 rings (SSSR count). The molecule has 7 atom stereocenters. The van der Waals surface area contributed by atoms with E-state index in [1.165, 1.54) is 24.3 Å². The van der Waals surface area contributed by atoms with Crippen molar-refractivity contribution in [3.05, 3.63) is 29.8 Å². The van der Waals surface area contributed by atoms with Crippen LogP contribution in [0.5, 0.6) is 5.75 Å². The molecular weight excluding hydrogens is 901 g/mol. The van der Waals surface area contributed by atoms with Gasteiger partial charge in [0.05, 0.1) is 26.1 Å². The molecule has 374 valence electrons. The third kappa shape index (κ3) is 20.1. The summed E-state index contributed by atoms with van der Waals surface area (Å²) < 4.78 is 0. The van der Waals surface area contributed by atoms with Crippen LogP contribution in [0.4, 0.5) is 0 Å². The topological polar surface area (TPSA) is 440 Å². The number of carbonyl (C=O) groups excluding carboxylic acids is 12. The van der Waals surface area contributed by atoms with Crippen molar-refractivity contribution in [1.29, 1.82) is 0 Å². The minimum atomic E-state index is -1.88. The maximum absolute atomic E-state index is 14.0. The highest BCUT2D eigenvalue weighted by atomic mass is 16.4. The van der Waals surface area contributed by atoms with Crippen LogP contribution in [0.2, 0.25) is 0 Å². The number of amides is 12. The Morgan fingerprint density at radius 2 is 1.40 bits per heavy atom. The second kappa shape index (κ2) is 27.6. The summed E-state index contributed by atoms with van der Waals surface area (Å²) in [5.74, 6) is -14.0. The van der Waals surface area contributed by atoms with Crippen LogP contribution in [-0.4, -0.2) is 155 Å². The molecule has 1 aromatic carbocycles. The van der Waals surface area contributed by atoms with Crippen molar-refractivity contribution in [2.45, 2.75) is 108 Å². The molecule has 1 aliphatic rings. The molecule has 68 heavy (non-hydrogen) atoms. The quantitative estimate of drug-likeness (QED) is 0.0614. The van der Waals surface area contributed by atoms with Crippen LogP contribution in [0.15, 0.2) is 24.3 Å². The van der Waals surface area contributed by atoms with Gasteiger partial charge < -0.3 is 74.8 Å². The van der Waals surface area contributed by atoms with Crippen molar-refractivity contribution in [3.63, 3.8) is 0 Å². The number of primary amides is 3. The summed E-state index contributed by atoms with van der Waals surface area (Å²) in [6.07, 6.45) is -3.91. The van der Waals surface area contributed by atoms with Crippen LogP contribution < -0.4 is 59.7 Å². The van der Waals surface area contributed by atoms with Crippen LogP contribution in [0.1, 0.15) is 70.8 Å². The first-order valence-corrected chi connectivity index (χ1v) is 21.3. The molecule has 16 N–H and O–H groups in total. The number of nitrogens with two attached hydrogens (primary N) is 3. The molecule has 1 heterocycles. The zero-order valence-corrected chi connectivity index (χ0v) is 37.7. The first-order chi connectivity index (χ1) is 31.9. The molecule has 27 nitrogen and oxygen atoms in total. The van der Waals surface area contributed by atoms with Gasteiger partial charge in [0.2, 0.25) is 70.9 Å². The van der Waals surface area contributed by atoms with Gasteiger partial charge in [-0.05, 0) is 42.9 Å². The van der Waals surface area contributed by atoms with Gasteiger partial charge in [0, 0.05) is 32.7 Å². The van der Waals surface area contributed by atoms with Crippen LogP contribution in [0.3, 0.4) is 0 Å². The van der Waals surface area contributed by atoms with Gasteiger partial charge in [0.1, 0.15) is 42.0 Å². The zero-order valence-electron chi connectivity index (χ0n) is 37.7. The molecular formula is C41H60N12O15. The number of benzene rings is 1. The Hall–Kier alpha value is -7.87. The number of hydrogen-bond donors (Lipinski definition) is 13. The fourth-order valence-electron chi connectivity index (χ4n) is 6.48. The van der Waals surface area contributed by atoms with Gasteiger partial charge in [-0.15, -0.1) is 0 Å². The Kier molecular flexibility index (Phi) is 22.8. The molecule has 0 saturated carbocycles. The second-order valence-electron chi connectivity index (χ2n) is 16.0. The van der Waals surface area contributed by atoms with Gasteiger partial charge in [0.15, 0.2) is 0 Å². The highest BCUT2D eigenvalue weighted by Crippen LogP contribution is 2.14. The number of carbonyl (C=O) groups is 13. The molecule has 1 saturated heterocycles. The number of carboxylic acid groups (broad SMARTS) is 1. The lowest BCUT2D eigenvalue weighted by atomic mass is 9.96. The number of aliphatic carboxylic acids is 1. The van der Waals surface area contributed by atoms with E-state index in [-0.39, 0.29) is 12.2 Å². The summed E-state index contributed by atoms with van der Waals surface area (Å²) in [6.45, 7) is 1.09. The summed E-state index contributed by atoms with van der Waals surface area (Å²) in [5, 5.41) is 37.8. The van der Waals surface area contributed by atoms with E-state index in [0.29, 0.717) is 12.0 Å². The smallest absolute Gasteiger partial charge is 0.303 e. The first kappa shape index (κ1) is 56.3. The monoisotopic (exact) mass is 960 g/mol. The molecule has 2 unspecified atom stereocenters. The third-order valence-electron chi connectivity index (χ3n) is 10.4. The molecule has 27 heteroatoms. The Balaban J connectivity index is 2.59. The van der Waals surface area contributed by atoms with E-state index in [1.807, 2.05) is 0 Å². The average Bonchev–Trinajstić information content (AvgIpc) is 3.26. The summed E-state index contributed by atoms with van der Waals surface area (Å²) in [7, 11) is 1.08. The number of nitrogens with zero attached hydrogens (tertiary/aromatic N) is 1. The van der Waals surface area contributed by atoms with Crippen molar-refractivity contribution in [2.24, 2.45) is 23.1 Å². The zero-order chi connectivity index (χ0) is 51.2. The standard InChI is InChI=1S/C41H60N12O15/c1-4-20(2)35-40(67)49-24(9-12-28(42)55)37(64)51-27(16-29(43)56)38(65)50-25(41(68)53(3)19-33(60)47-23(11-14-34(61)62)36(63)46-17-30(44)57)10-13-31(58)45-18-32(59)48-26(39(66)52-35)15-21-5-7-22(54)8-6-21/h5-8,20,23-27,35,54H,4,9-19H2,1-3H3,(H2,42,55)(H2,43,56)(H2,44,57)(H,45,58)(H,46,63)(H,47,60)(H,48,59)(H,49,67)(H,50,65)(H,51,64)(H,52,66)(H,61,62)/t20?,23-,24-,25-,26-,27-,35?/m0/s1. The van der Waals surface area contributed by atoms with E-state index < -0.39 is 184 Å². The van der Waals surface area contributed by atoms with Gasteiger partial charge in [-0.1, -0.05) is 32.4 Å². The second-order valence-corrected chi connectivity index (χ2v) is 16.0. The maximum Gasteiger partial charge on any atom is 0.303 e. The van der Waals surface area contributed by atoms with Gasteiger partial charge >= 0.3 is 5.97 Å². The fraction of sp³-hybridized carbons (Fsp3) is 0.537. The van der Waals surface area contributed by atoms with E-state index in [9.17, 15) is 67.4 Å². The average molecular weight is 961 g/mol. The molecule has 1 aromatic rings. The Morgan fingerprint density at radius 1 is 0.779 bits per heavy atom. The Labute approximate surface area is 389 Å². The highest BCUT2D eigenvalue weighted by Gasteiger charge is 2.36. The lowest BCUT2D eigenvalue weighted by Crippen LogP contribution is -2.61. The number of nitrogens with one attached hydrogen (secondary N) is 8. The van der Waals surface area contributed by atoms with E-state index in [0.717, 1.165) is 11.9 Å². The normalized spacial score (nSPS) is 20.8. The number of aromatic hydroxyl groups is 1. The molecule has 1 fully saturated rings. The molecule has 12 amide bonds. The van der Waals surface area contributed by atoms with Crippen LogP contribution in [0.25, 0.3) is 0 Å². The molecule has 0 spiro atoms. The Morgan fingerprint density at radius 3 is 1.99 bits per heavy atom. The SMILES string of the molecule is CCC(C)C1NC(=O)[C@H](Cc2ccc(O)cc2)NC(=O)CNC(=O)CC[C@@H](C(=O)N(C)CC(=O)N[C@@H](CCC(=O)O)C(=O)NCC(N)=O)NC(=O)[C@H](CC(N)=O)NC(=O)[C@H](CCC(N)=O)NC1=O.